The number of piperidine rings is 1. The van der Waals surface area contributed by atoms with Gasteiger partial charge in [0.1, 0.15) is 5.69 Å². The van der Waals surface area contributed by atoms with Gasteiger partial charge in [-0.1, -0.05) is 6.07 Å². The number of hydrogen-bond acceptors (Lipinski definition) is 3. The van der Waals surface area contributed by atoms with Crippen molar-refractivity contribution < 1.29 is 22.8 Å². The largest absolute Gasteiger partial charge is 0.433 e. The van der Waals surface area contributed by atoms with E-state index in [1.54, 1.807) is 4.90 Å². The summed E-state index contributed by atoms with van der Waals surface area (Å²) in [7, 11) is 0. The lowest BCUT2D eigenvalue weighted by Crippen LogP contribution is -2.70. The van der Waals surface area contributed by atoms with E-state index in [0.29, 0.717) is 44.9 Å². The van der Waals surface area contributed by atoms with E-state index >= 15 is 0 Å². The van der Waals surface area contributed by atoms with Crippen LogP contribution in [0.1, 0.15) is 36.9 Å². The van der Waals surface area contributed by atoms with E-state index in [4.69, 9.17) is 0 Å². The van der Waals surface area contributed by atoms with Gasteiger partial charge in [-0.3, -0.25) is 9.78 Å². The maximum absolute atomic E-state index is 12.6. The molecule has 1 aromatic rings. The lowest BCUT2D eigenvalue weighted by molar-refractivity contribution is -0.141. The average Bonchev–Trinajstić information content (AvgIpc) is 3.02. The smallest absolute Gasteiger partial charge is 0.347 e. The Hall–Kier alpha value is -2.32. The molecule has 3 aliphatic rings. The summed E-state index contributed by atoms with van der Waals surface area (Å²) in [6, 6.07) is 2.53. The molecule has 0 aliphatic carbocycles. The van der Waals surface area contributed by atoms with E-state index < -0.39 is 11.9 Å². The molecule has 0 unspecified atom stereocenters. The van der Waals surface area contributed by atoms with Crippen LogP contribution in [0.3, 0.4) is 0 Å². The van der Waals surface area contributed by atoms with Gasteiger partial charge >= 0.3 is 12.2 Å². The summed E-state index contributed by atoms with van der Waals surface area (Å²) >= 11 is 0. The zero-order chi connectivity index (χ0) is 19.9. The highest BCUT2D eigenvalue weighted by Gasteiger charge is 2.50. The molecule has 9 heteroatoms. The number of carbonyl (C=O) groups is 2. The van der Waals surface area contributed by atoms with Crippen molar-refractivity contribution in [1.29, 1.82) is 0 Å². The number of hydrogen-bond donors (Lipinski definition) is 1. The van der Waals surface area contributed by atoms with Crippen LogP contribution in [0.25, 0.3) is 0 Å². The van der Waals surface area contributed by atoms with Gasteiger partial charge in [0.05, 0.1) is 5.54 Å². The number of amides is 3. The van der Waals surface area contributed by atoms with Gasteiger partial charge in [-0.05, 0) is 43.2 Å². The molecule has 1 spiro atoms. The first kappa shape index (κ1) is 19.0. The molecule has 0 atom stereocenters. The van der Waals surface area contributed by atoms with Gasteiger partial charge in [-0.25, -0.2) is 4.79 Å². The highest BCUT2D eigenvalue weighted by molar-refractivity contribution is 5.82. The van der Waals surface area contributed by atoms with Crippen molar-refractivity contribution in [2.45, 2.75) is 43.8 Å². The molecular formula is C19H23F3N4O2. The number of carbonyl (C=O) groups excluding carboxylic acids is 2. The van der Waals surface area contributed by atoms with Crippen molar-refractivity contribution >= 4 is 11.9 Å². The maximum atomic E-state index is 12.6. The predicted molar refractivity (Wildman–Crippen MR) is 94.3 cm³/mol. The minimum absolute atomic E-state index is 0.0152. The molecule has 1 N–H and O–H groups in total. The summed E-state index contributed by atoms with van der Waals surface area (Å²) in [5.41, 5.74) is -0.289. The predicted octanol–water partition coefficient (Wildman–Crippen LogP) is 2.44. The van der Waals surface area contributed by atoms with E-state index in [9.17, 15) is 22.8 Å². The maximum Gasteiger partial charge on any atom is 0.433 e. The lowest BCUT2D eigenvalue weighted by atomic mass is 9.88. The van der Waals surface area contributed by atoms with Crippen LogP contribution in [-0.2, 0) is 17.4 Å². The fourth-order valence-corrected chi connectivity index (χ4v) is 4.41. The molecule has 6 nitrogen and oxygen atoms in total. The van der Waals surface area contributed by atoms with Crippen molar-refractivity contribution in [3.05, 3.63) is 29.6 Å². The third kappa shape index (κ3) is 3.79. The standard InChI is InChI=1S/C19H23F3N4O2/c20-19(21,22)15-2-1-14(10-23-15)9-13-4-7-25(8-5-13)17(28)26-11-18(12-26)6-3-16(27)24-18/h1-2,10,13H,3-9,11-12H2,(H,24,27). The average molecular weight is 396 g/mol. The Morgan fingerprint density at radius 2 is 1.93 bits per heavy atom. The molecule has 0 aromatic carbocycles. The molecule has 0 radical (unpaired) electrons. The highest BCUT2D eigenvalue weighted by Crippen LogP contribution is 2.32. The van der Waals surface area contributed by atoms with Crippen molar-refractivity contribution in [3.8, 4) is 0 Å². The van der Waals surface area contributed by atoms with Crippen LogP contribution < -0.4 is 5.32 Å². The van der Waals surface area contributed by atoms with Gasteiger partial charge in [0.15, 0.2) is 0 Å². The number of urea groups is 1. The first-order chi connectivity index (χ1) is 13.2. The van der Waals surface area contributed by atoms with Gasteiger partial charge in [-0.2, -0.15) is 13.2 Å². The molecule has 3 amide bonds. The van der Waals surface area contributed by atoms with Gasteiger partial charge in [-0.15, -0.1) is 0 Å². The monoisotopic (exact) mass is 396 g/mol. The van der Waals surface area contributed by atoms with Gasteiger partial charge in [0.2, 0.25) is 5.91 Å². The van der Waals surface area contributed by atoms with Crippen LogP contribution in [-0.4, -0.2) is 58.4 Å². The third-order valence-electron chi connectivity index (χ3n) is 6.02. The molecule has 4 heterocycles. The summed E-state index contributed by atoms with van der Waals surface area (Å²) < 4.78 is 37.8. The second-order valence-electron chi connectivity index (χ2n) is 8.15. The molecule has 0 bridgehead atoms. The number of pyridine rings is 1. The summed E-state index contributed by atoms with van der Waals surface area (Å²) in [5, 5.41) is 2.97. The molecule has 28 heavy (non-hydrogen) atoms. The first-order valence-electron chi connectivity index (χ1n) is 9.61. The van der Waals surface area contributed by atoms with Crippen molar-refractivity contribution in [3.63, 3.8) is 0 Å². The molecular weight excluding hydrogens is 373 g/mol. The van der Waals surface area contributed by atoms with Crippen molar-refractivity contribution in [2.75, 3.05) is 26.2 Å². The van der Waals surface area contributed by atoms with Crippen LogP contribution in [0.15, 0.2) is 18.3 Å². The van der Waals surface area contributed by atoms with Gasteiger partial charge in [0.25, 0.3) is 0 Å². The molecule has 4 rings (SSSR count). The number of rotatable bonds is 2. The highest BCUT2D eigenvalue weighted by atomic mass is 19.4. The number of nitrogens with one attached hydrogen (secondary N) is 1. The third-order valence-corrected chi connectivity index (χ3v) is 6.02. The Bertz CT molecular complexity index is 751. The second kappa shape index (κ2) is 6.93. The Kier molecular flexibility index (Phi) is 4.71. The van der Waals surface area contributed by atoms with E-state index in [-0.39, 0.29) is 17.5 Å². The van der Waals surface area contributed by atoms with Crippen molar-refractivity contribution in [2.24, 2.45) is 5.92 Å². The molecule has 1 aromatic heterocycles. The lowest BCUT2D eigenvalue weighted by Gasteiger charge is -2.49. The summed E-state index contributed by atoms with van der Waals surface area (Å²) in [6.45, 7) is 2.45. The summed E-state index contributed by atoms with van der Waals surface area (Å²) in [5.74, 6) is 0.394. The summed E-state index contributed by atoms with van der Waals surface area (Å²) in [4.78, 5) is 31.2. The number of nitrogens with zero attached hydrogens (tertiary/aromatic N) is 3. The fraction of sp³-hybridized carbons (Fsp3) is 0.632. The fourth-order valence-electron chi connectivity index (χ4n) is 4.41. The minimum Gasteiger partial charge on any atom is -0.347 e. The van der Waals surface area contributed by atoms with E-state index in [0.717, 1.165) is 30.9 Å². The summed E-state index contributed by atoms with van der Waals surface area (Å²) in [6.07, 6.45) is 0.527. The van der Waals surface area contributed by atoms with Gasteiger partial charge in [0, 0.05) is 38.8 Å². The van der Waals surface area contributed by atoms with Crippen LogP contribution in [0.5, 0.6) is 0 Å². The number of alkyl halides is 3. The Morgan fingerprint density at radius 3 is 2.46 bits per heavy atom. The van der Waals surface area contributed by atoms with Crippen molar-refractivity contribution in [1.82, 2.24) is 20.1 Å². The minimum atomic E-state index is -4.42. The second-order valence-corrected chi connectivity index (χ2v) is 8.15. The zero-order valence-corrected chi connectivity index (χ0v) is 15.5. The van der Waals surface area contributed by atoms with E-state index in [2.05, 4.69) is 10.3 Å². The topological polar surface area (TPSA) is 65.5 Å². The molecule has 3 aliphatic heterocycles. The van der Waals surface area contributed by atoms with Crippen LogP contribution in [0.4, 0.5) is 18.0 Å². The Morgan fingerprint density at radius 1 is 1.21 bits per heavy atom. The first-order valence-corrected chi connectivity index (χ1v) is 9.61. The normalized spacial score (nSPS) is 22.3. The number of aromatic nitrogens is 1. The molecule has 0 saturated carbocycles. The van der Waals surface area contributed by atoms with Crippen LogP contribution in [0, 0.1) is 5.92 Å². The van der Waals surface area contributed by atoms with Gasteiger partial charge < -0.3 is 15.1 Å². The number of likely N-dealkylation sites (tertiary alicyclic amines) is 2. The quantitative estimate of drug-likeness (QED) is 0.835. The molecule has 3 fully saturated rings. The molecule has 3 saturated heterocycles. The Balaban J connectivity index is 1.24. The van der Waals surface area contributed by atoms with Crippen LogP contribution >= 0.6 is 0 Å². The van der Waals surface area contributed by atoms with Crippen LogP contribution in [0.2, 0.25) is 0 Å². The van der Waals surface area contributed by atoms with E-state index in [1.807, 2.05) is 4.90 Å². The number of halogens is 3. The Labute approximate surface area is 161 Å². The SMILES string of the molecule is O=C1CCC2(CN(C(=O)N3CCC(Cc4ccc(C(F)(F)F)nc4)CC3)C2)N1. The zero-order valence-electron chi connectivity index (χ0n) is 15.5. The van der Waals surface area contributed by atoms with E-state index in [1.165, 1.54) is 12.3 Å². The molecule has 152 valence electrons.